The van der Waals surface area contributed by atoms with Crippen LogP contribution in [-0.4, -0.2) is 16.5 Å². The van der Waals surface area contributed by atoms with Crippen LogP contribution in [0, 0.1) is 19.8 Å². The van der Waals surface area contributed by atoms with Crippen LogP contribution in [0.4, 0.5) is 0 Å². The van der Waals surface area contributed by atoms with E-state index >= 15 is 0 Å². The maximum atomic E-state index is 11.9. The third-order valence-electron chi connectivity index (χ3n) is 3.40. The van der Waals surface area contributed by atoms with Crippen LogP contribution < -0.4 is 10.9 Å². The molecular weight excluding hydrogens is 214 g/mol. The highest BCUT2D eigenvalue weighted by atomic mass is 16.1. The molecule has 94 valence electrons. The first kappa shape index (κ1) is 12.3. The minimum absolute atomic E-state index is 0.0126. The lowest BCUT2D eigenvalue weighted by molar-refractivity contribution is 0.531. The molecule has 1 atom stereocenters. The molecule has 0 spiro atoms. The van der Waals surface area contributed by atoms with Gasteiger partial charge in [-0.15, -0.1) is 0 Å². The molecule has 1 unspecified atom stereocenters. The summed E-state index contributed by atoms with van der Waals surface area (Å²) in [5.74, 6) is 1.60. The molecule has 0 aliphatic heterocycles. The second kappa shape index (κ2) is 5.00. The monoisotopic (exact) mass is 235 g/mol. The highest BCUT2D eigenvalue weighted by molar-refractivity contribution is 5.19. The van der Waals surface area contributed by atoms with Crippen molar-refractivity contribution < 1.29 is 0 Å². The lowest BCUT2D eigenvalue weighted by Gasteiger charge is -2.15. The van der Waals surface area contributed by atoms with Crippen molar-refractivity contribution in [2.45, 2.75) is 46.1 Å². The van der Waals surface area contributed by atoms with Crippen LogP contribution in [0.3, 0.4) is 0 Å². The second-order valence-electron chi connectivity index (χ2n) is 5.06. The number of rotatable bonds is 5. The molecule has 1 aromatic heterocycles. The molecule has 1 aliphatic carbocycles. The summed E-state index contributed by atoms with van der Waals surface area (Å²) in [6.45, 7) is 6.72. The summed E-state index contributed by atoms with van der Waals surface area (Å²) >= 11 is 0. The topological polar surface area (TPSA) is 57.8 Å². The first-order valence-electron chi connectivity index (χ1n) is 6.38. The smallest absolute Gasteiger partial charge is 0.255 e. The summed E-state index contributed by atoms with van der Waals surface area (Å²) in [6.07, 6.45) is 3.98. The first-order valence-corrected chi connectivity index (χ1v) is 6.38. The van der Waals surface area contributed by atoms with E-state index in [-0.39, 0.29) is 11.6 Å². The van der Waals surface area contributed by atoms with Crippen LogP contribution in [0.1, 0.15) is 49.3 Å². The van der Waals surface area contributed by atoms with Gasteiger partial charge in [-0.25, -0.2) is 4.98 Å². The van der Waals surface area contributed by atoms with Gasteiger partial charge in [-0.3, -0.25) is 4.79 Å². The highest BCUT2D eigenvalue weighted by Gasteiger charge is 2.21. The first-order chi connectivity index (χ1) is 8.08. The predicted molar refractivity (Wildman–Crippen MR) is 68.1 cm³/mol. The Labute approximate surface area is 102 Å². The molecule has 0 aromatic carbocycles. The molecule has 4 nitrogen and oxygen atoms in total. The molecule has 1 aliphatic rings. The Balaban J connectivity index is 2.01. The molecule has 0 bridgehead atoms. The average Bonchev–Trinajstić information content (AvgIpc) is 2.99. The minimum Gasteiger partial charge on any atom is -0.310 e. The van der Waals surface area contributed by atoms with Gasteiger partial charge in [0.05, 0.1) is 5.56 Å². The van der Waals surface area contributed by atoms with E-state index < -0.39 is 0 Å². The number of H-pyrrole nitrogens is 1. The zero-order valence-corrected chi connectivity index (χ0v) is 10.8. The molecule has 0 saturated heterocycles. The van der Waals surface area contributed by atoms with Crippen LogP contribution in [-0.2, 0) is 0 Å². The Kier molecular flexibility index (Phi) is 3.62. The molecule has 4 heteroatoms. The highest BCUT2D eigenvalue weighted by Crippen LogP contribution is 2.31. The third-order valence-corrected chi connectivity index (χ3v) is 3.40. The van der Waals surface area contributed by atoms with Gasteiger partial charge >= 0.3 is 0 Å². The SMILES string of the molecule is Cc1nc(C)c(C(C)NCCC2CC2)c(=O)[nH]1. The van der Waals surface area contributed by atoms with Gasteiger partial charge in [0, 0.05) is 11.7 Å². The lowest BCUT2D eigenvalue weighted by atomic mass is 10.1. The van der Waals surface area contributed by atoms with Gasteiger partial charge in [-0.2, -0.15) is 0 Å². The van der Waals surface area contributed by atoms with Gasteiger partial charge in [0.15, 0.2) is 0 Å². The molecule has 2 N–H and O–H groups in total. The van der Waals surface area contributed by atoms with Gasteiger partial charge in [0.1, 0.15) is 5.82 Å². The largest absolute Gasteiger partial charge is 0.310 e. The molecule has 1 fully saturated rings. The fourth-order valence-corrected chi connectivity index (χ4v) is 2.26. The van der Waals surface area contributed by atoms with Crippen molar-refractivity contribution in [1.82, 2.24) is 15.3 Å². The number of aromatic nitrogens is 2. The molecule has 17 heavy (non-hydrogen) atoms. The standard InChI is InChI=1S/C13H21N3O/c1-8(14-7-6-11-4-5-11)12-9(2)15-10(3)16-13(12)17/h8,11,14H,4-7H2,1-3H3,(H,15,16,17). The van der Waals surface area contributed by atoms with Crippen molar-refractivity contribution in [3.63, 3.8) is 0 Å². The Morgan fingerprint density at radius 3 is 2.76 bits per heavy atom. The maximum Gasteiger partial charge on any atom is 0.255 e. The van der Waals surface area contributed by atoms with Gasteiger partial charge in [0.2, 0.25) is 0 Å². The summed E-state index contributed by atoms with van der Waals surface area (Å²) in [6, 6.07) is 0.0746. The summed E-state index contributed by atoms with van der Waals surface area (Å²) in [5.41, 5.74) is 1.59. The second-order valence-corrected chi connectivity index (χ2v) is 5.06. The van der Waals surface area contributed by atoms with E-state index in [0.29, 0.717) is 5.82 Å². The quantitative estimate of drug-likeness (QED) is 0.818. The predicted octanol–water partition coefficient (Wildman–Crippen LogP) is 1.84. The van der Waals surface area contributed by atoms with Crippen LogP contribution in [0.15, 0.2) is 4.79 Å². The minimum atomic E-state index is -0.0126. The molecule has 1 saturated carbocycles. The molecule has 1 heterocycles. The normalized spacial score (nSPS) is 17.1. The molecule has 2 rings (SSSR count). The van der Waals surface area contributed by atoms with Crippen molar-refractivity contribution in [1.29, 1.82) is 0 Å². The van der Waals surface area contributed by atoms with Gasteiger partial charge in [-0.05, 0) is 39.7 Å². The molecule has 0 radical (unpaired) electrons. The maximum absolute atomic E-state index is 11.9. The Morgan fingerprint density at radius 2 is 2.18 bits per heavy atom. The van der Waals surface area contributed by atoms with E-state index in [1.165, 1.54) is 19.3 Å². The van der Waals surface area contributed by atoms with Crippen LogP contribution in [0.25, 0.3) is 0 Å². The number of hydrogen-bond acceptors (Lipinski definition) is 3. The Morgan fingerprint density at radius 1 is 1.47 bits per heavy atom. The Bertz CT molecular complexity index is 448. The number of nitrogens with one attached hydrogen (secondary N) is 2. The van der Waals surface area contributed by atoms with Crippen LogP contribution in [0.2, 0.25) is 0 Å². The number of aromatic amines is 1. The van der Waals surface area contributed by atoms with Gasteiger partial charge in [-0.1, -0.05) is 12.8 Å². The van der Waals surface area contributed by atoms with Crippen molar-refractivity contribution in [2.24, 2.45) is 5.92 Å². The van der Waals surface area contributed by atoms with Crippen LogP contribution in [0.5, 0.6) is 0 Å². The summed E-state index contributed by atoms with van der Waals surface area (Å²) < 4.78 is 0. The van der Waals surface area contributed by atoms with Crippen molar-refractivity contribution in [3.8, 4) is 0 Å². The number of nitrogens with zero attached hydrogens (tertiary/aromatic N) is 1. The van der Waals surface area contributed by atoms with Gasteiger partial charge in [0.25, 0.3) is 5.56 Å². The van der Waals surface area contributed by atoms with Crippen LogP contribution >= 0.6 is 0 Å². The lowest BCUT2D eigenvalue weighted by Crippen LogP contribution is -2.28. The zero-order chi connectivity index (χ0) is 12.4. The van der Waals surface area contributed by atoms with E-state index in [4.69, 9.17) is 0 Å². The molecule has 0 amide bonds. The van der Waals surface area contributed by atoms with Gasteiger partial charge < -0.3 is 10.3 Å². The van der Waals surface area contributed by atoms with E-state index in [9.17, 15) is 4.79 Å². The molecular formula is C13H21N3O. The fraction of sp³-hybridized carbons (Fsp3) is 0.692. The summed E-state index contributed by atoms with van der Waals surface area (Å²) in [7, 11) is 0. The Hall–Kier alpha value is -1.16. The molecule has 1 aromatic rings. The van der Waals surface area contributed by atoms with E-state index in [1.807, 2.05) is 20.8 Å². The van der Waals surface area contributed by atoms with Crippen molar-refractivity contribution in [2.75, 3.05) is 6.54 Å². The van der Waals surface area contributed by atoms with E-state index in [0.717, 1.165) is 23.7 Å². The number of aryl methyl sites for hydroxylation is 2. The average molecular weight is 235 g/mol. The van der Waals surface area contributed by atoms with E-state index in [2.05, 4.69) is 15.3 Å². The van der Waals surface area contributed by atoms with Crippen molar-refractivity contribution in [3.05, 3.63) is 27.4 Å². The third kappa shape index (κ3) is 3.16. The number of hydrogen-bond donors (Lipinski definition) is 2. The van der Waals surface area contributed by atoms with Crippen molar-refractivity contribution >= 4 is 0 Å². The zero-order valence-electron chi connectivity index (χ0n) is 10.8. The summed E-state index contributed by atoms with van der Waals surface area (Å²) in [4.78, 5) is 19.0. The fourth-order valence-electron chi connectivity index (χ4n) is 2.26. The van der Waals surface area contributed by atoms with E-state index in [1.54, 1.807) is 0 Å². The summed E-state index contributed by atoms with van der Waals surface area (Å²) in [5, 5.41) is 3.41.